The molecule has 0 heterocycles. The molecule has 2 atom stereocenters. The molecule has 0 fully saturated rings. The second kappa shape index (κ2) is 6.33. The summed E-state index contributed by atoms with van der Waals surface area (Å²) < 4.78 is 24.7. The van der Waals surface area contributed by atoms with Crippen molar-refractivity contribution in [3.05, 3.63) is 34.6 Å². The van der Waals surface area contributed by atoms with E-state index in [0.717, 1.165) is 0 Å². The van der Waals surface area contributed by atoms with E-state index < -0.39 is 16.6 Å². The van der Waals surface area contributed by atoms with E-state index in [-0.39, 0.29) is 11.1 Å². The zero-order valence-electron chi connectivity index (χ0n) is 9.08. The van der Waals surface area contributed by atoms with Crippen LogP contribution < -0.4 is 5.73 Å². The summed E-state index contributed by atoms with van der Waals surface area (Å²) in [5, 5.41) is 0.0881. The van der Waals surface area contributed by atoms with Gasteiger partial charge in [0, 0.05) is 28.3 Å². The number of nitrogens with two attached hydrogens (primary N) is 1. The third-order valence-corrected chi connectivity index (χ3v) is 3.77. The summed E-state index contributed by atoms with van der Waals surface area (Å²) >= 11 is 5.55. The first kappa shape index (κ1) is 13.6. The van der Waals surface area contributed by atoms with Gasteiger partial charge in [-0.25, -0.2) is 4.39 Å². The van der Waals surface area contributed by atoms with Crippen molar-refractivity contribution in [2.24, 2.45) is 5.73 Å². The highest BCUT2D eigenvalue weighted by molar-refractivity contribution is 7.84. The summed E-state index contributed by atoms with van der Waals surface area (Å²) in [7, 11) is -0.996. The summed E-state index contributed by atoms with van der Waals surface area (Å²) in [5.41, 5.74) is 6.27. The monoisotopic (exact) mass is 263 g/mol. The molecule has 1 aromatic rings. The van der Waals surface area contributed by atoms with Gasteiger partial charge in [-0.15, -0.1) is 0 Å². The van der Waals surface area contributed by atoms with Gasteiger partial charge in [0.05, 0.1) is 5.02 Å². The van der Waals surface area contributed by atoms with Crippen LogP contribution in [-0.4, -0.2) is 16.0 Å². The van der Waals surface area contributed by atoms with Crippen LogP contribution in [0.25, 0.3) is 0 Å². The van der Waals surface area contributed by atoms with Crippen molar-refractivity contribution < 1.29 is 8.60 Å². The van der Waals surface area contributed by atoms with Crippen molar-refractivity contribution in [3.63, 3.8) is 0 Å². The summed E-state index contributed by atoms with van der Waals surface area (Å²) in [6.07, 6.45) is 0.711. The molecular formula is C11H15ClFNOS. The Bertz CT molecular complexity index is 384. The molecule has 0 aliphatic carbocycles. The highest BCUT2D eigenvalue weighted by atomic mass is 35.5. The first-order valence-electron chi connectivity index (χ1n) is 5.03. The van der Waals surface area contributed by atoms with E-state index in [1.54, 1.807) is 6.07 Å². The highest BCUT2D eigenvalue weighted by Crippen LogP contribution is 2.16. The molecule has 0 amide bonds. The zero-order chi connectivity index (χ0) is 12.1. The van der Waals surface area contributed by atoms with Crippen molar-refractivity contribution in [2.75, 3.05) is 5.75 Å². The van der Waals surface area contributed by atoms with Crippen molar-refractivity contribution >= 4 is 22.4 Å². The summed E-state index contributed by atoms with van der Waals surface area (Å²) in [6.45, 7) is 1.87. The van der Waals surface area contributed by atoms with Gasteiger partial charge in [-0.3, -0.25) is 4.21 Å². The first-order chi connectivity index (χ1) is 7.49. The zero-order valence-corrected chi connectivity index (χ0v) is 10.7. The highest BCUT2D eigenvalue weighted by Gasteiger charge is 2.06. The maximum Gasteiger partial charge on any atom is 0.142 e. The molecule has 16 heavy (non-hydrogen) atoms. The Balaban J connectivity index is 2.53. The minimum atomic E-state index is -0.996. The van der Waals surface area contributed by atoms with E-state index in [0.29, 0.717) is 23.5 Å². The number of benzene rings is 1. The Morgan fingerprint density at radius 1 is 1.56 bits per heavy atom. The molecule has 0 saturated carbocycles. The molecule has 0 aliphatic rings. The molecule has 2 nitrogen and oxygen atoms in total. The van der Waals surface area contributed by atoms with E-state index in [1.165, 1.54) is 12.1 Å². The van der Waals surface area contributed by atoms with Gasteiger partial charge < -0.3 is 5.73 Å². The second-order valence-corrected chi connectivity index (χ2v) is 5.79. The van der Waals surface area contributed by atoms with E-state index in [9.17, 15) is 8.60 Å². The molecule has 0 spiro atoms. The van der Waals surface area contributed by atoms with Crippen molar-refractivity contribution in [1.29, 1.82) is 0 Å². The van der Waals surface area contributed by atoms with Gasteiger partial charge in [-0.1, -0.05) is 17.7 Å². The third kappa shape index (κ3) is 4.60. The lowest BCUT2D eigenvalue weighted by Gasteiger charge is -2.05. The van der Waals surface area contributed by atoms with Gasteiger partial charge in [0.25, 0.3) is 0 Å². The summed E-state index contributed by atoms with van der Waals surface area (Å²) in [5.74, 6) is 0.422. The molecule has 2 unspecified atom stereocenters. The quantitative estimate of drug-likeness (QED) is 0.887. The maximum absolute atomic E-state index is 13.1. The number of halogens is 2. The number of hydrogen-bond acceptors (Lipinski definition) is 2. The topological polar surface area (TPSA) is 43.1 Å². The molecule has 2 N–H and O–H groups in total. The molecule has 0 saturated heterocycles. The molecule has 90 valence electrons. The standard InChI is InChI=1S/C11H15ClFNOS/c1-8(14)4-5-16(15)7-9-2-3-10(12)11(13)6-9/h2-3,6,8H,4-5,7,14H2,1H3. The van der Waals surface area contributed by atoms with Crippen LogP contribution in [0.5, 0.6) is 0 Å². The molecule has 0 radical (unpaired) electrons. The lowest BCUT2D eigenvalue weighted by atomic mass is 10.2. The predicted molar refractivity (Wildman–Crippen MR) is 66.4 cm³/mol. The fourth-order valence-corrected chi connectivity index (χ4v) is 2.65. The molecule has 5 heteroatoms. The number of rotatable bonds is 5. The third-order valence-electron chi connectivity index (χ3n) is 2.11. The van der Waals surface area contributed by atoms with Crippen LogP contribution in [0.1, 0.15) is 18.9 Å². The van der Waals surface area contributed by atoms with E-state index >= 15 is 0 Å². The number of hydrogen-bond donors (Lipinski definition) is 1. The smallest absolute Gasteiger partial charge is 0.142 e. The second-order valence-electron chi connectivity index (χ2n) is 3.80. The van der Waals surface area contributed by atoms with Gasteiger partial charge >= 0.3 is 0 Å². The van der Waals surface area contributed by atoms with Crippen molar-refractivity contribution in [2.45, 2.75) is 25.1 Å². The Kier molecular flexibility index (Phi) is 5.38. The van der Waals surface area contributed by atoms with Gasteiger partial charge in [-0.2, -0.15) is 0 Å². The van der Waals surface area contributed by atoms with Crippen LogP contribution in [-0.2, 0) is 16.6 Å². The Morgan fingerprint density at radius 3 is 2.81 bits per heavy atom. The minimum Gasteiger partial charge on any atom is -0.328 e. The Labute approximate surface area is 102 Å². The van der Waals surface area contributed by atoms with Crippen LogP contribution in [0.4, 0.5) is 4.39 Å². The summed E-state index contributed by atoms with van der Waals surface area (Å²) in [4.78, 5) is 0. The normalized spacial score (nSPS) is 14.8. The lowest BCUT2D eigenvalue weighted by Crippen LogP contribution is -2.18. The van der Waals surface area contributed by atoms with Crippen molar-refractivity contribution in [1.82, 2.24) is 0 Å². The molecule has 1 rings (SSSR count). The van der Waals surface area contributed by atoms with Crippen LogP contribution in [0.3, 0.4) is 0 Å². The first-order valence-corrected chi connectivity index (χ1v) is 6.90. The van der Waals surface area contributed by atoms with Gasteiger partial charge in [0.1, 0.15) is 5.82 Å². The SMILES string of the molecule is CC(N)CCS(=O)Cc1ccc(Cl)c(F)c1. The largest absolute Gasteiger partial charge is 0.328 e. The van der Waals surface area contributed by atoms with Gasteiger partial charge in [-0.05, 0) is 31.0 Å². The molecule has 0 aliphatic heterocycles. The van der Waals surface area contributed by atoms with Crippen LogP contribution in [0.2, 0.25) is 5.02 Å². The van der Waals surface area contributed by atoms with Gasteiger partial charge in [0.15, 0.2) is 0 Å². The fraction of sp³-hybridized carbons (Fsp3) is 0.455. The van der Waals surface area contributed by atoms with Gasteiger partial charge in [0.2, 0.25) is 0 Å². The molecule has 0 aromatic heterocycles. The fourth-order valence-electron chi connectivity index (χ4n) is 1.20. The van der Waals surface area contributed by atoms with E-state index in [4.69, 9.17) is 17.3 Å². The predicted octanol–water partition coefficient (Wildman–Crippen LogP) is 2.47. The lowest BCUT2D eigenvalue weighted by molar-refractivity contribution is 0.626. The average molecular weight is 264 g/mol. The minimum absolute atomic E-state index is 0.0471. The maximum atomic E-state index is 13.1. The summed E-state index contributed by atoms with van der Waals surface area (Å²) in [6, 6.07) is 4.54. The van der Waals surface area contributed by atoms with E-state index in [1.807, 2.05) is 6.92 Å². The van der Waals surface area contributed by atoms with E-state index in [2.05, 4.69) is 0 Å². The Morgan fingerprint density at radius 2 is 2.25 bits per heavy atom. The van der Waals surface area contributed by atoms with Crippen LogP contribution in [0.15, 0.2) is 18.2 Å². The molecule has 0 bridgehead atoms. The molecule has 1 aromatic carbocycles. The van der Waals surface area contributed by atoms with Crippen molar-refractivity contribution in [3.8, 4) is 0 Å². The van der Waals surface area contributed by atoms with Crippen LogP contribution >= 0.6 is 11.6 Å². The molecular weight excluding hydrogens is 249 g/mol. The Hall–Kier alpha value is -0.450. The average Bonchev–Trinajstić information content (AvgIpc) is 2.21. The van der Waals surface area contributed by atoms with Crippen LogP contribution in [0, 0.1) is 5.82 Å².